The van der Waals surface area contributed by atoms with E-state index in [9.17, 15) is 13.2 Å². The third-order valence-electron chi connectivity index (χ3n) is 2.91. The molecule has 0 saturated heterocycles. The Bertz CT molecular complexity index is 783. The third-order valence-corrected chi connectivity index (χ3v) is 4.69. The maximum Gasteiger partial charge on any atom is 0.256 e. The lowest BCUT2D eigenvalue weighted by Gasteiger charge is -2.08. The van der Waals surface area contributed by atoms with Gasteiger partial charge in [0, 0.05) is 16.4 Å². The van der Waals surface area contributed by atoms with Gasteiger partial charge in [-0.15, -0.1) is 0 Å². The fraction of sp³-hybridized carbons (Fsp3) is 0.133. The van der Waals surface area contributed by atoms with Crippen LogP contribution in [0.2, 0.25) is 0 Å². The van der Waals surface area contributed by atoms with Gasteiger partial charge in [-0.3, -0.25) is 4.79 Å². The van der Waals surface area contributed by atoms with Gasteiger partial charge in [0.25, 0.3) is 5.91 Å². The number of carbonyl (C=O) groups is 1. The summed E-state index contributed by atoms with van der Waals surface area (Å²) in [7, 11) is -3.23. The van der Waals surface area contributed by atoms with E-state index in [2.05, 4.69) is 21.2 Å². The molecule has 0 bridgehead atoms. The van der Waals surface area contributed by atoms with Crippen LogP contribution in [0.3, 0.4) is 0 Å². The lowest BCUT2D eigenvalue weighted by Crippen LogP contribution is -2.12. The van der Waals surface area contributed by atoms with Gasteiger partial charge >= 0.3 is 0 Å². The van der Waals surface area contributed by atoms with Crippen molar-refractivity contribution >= 4 is 37.4 Å². The van der Waals surface area contributed by atoms with E-state index in [-0.39, 0.29) is 10.8 Å². The number of hydrogen-bond donors (Lipinski definition) is 1. The minimum Gasteiger partial charge on any atom is -0.322 e. The number of rotatable bonds is 3. The molecule has 2 aromatic carbocycles. The van der Waals surface area contributed by atoms with E-state index in [0.29, 0.717) is 15.7 Å². The highest BCUT2D eigenvalue weighted by molar-refractivity contribution is 9.10. The molecule has 0 aromatic heterocycles. The first kappa shape index (κ1) is 15.7. The van der Waals surface area contributed by atoms with Gasteiger partial charge in [-0.05, 0) is 64.8 Å². The van der Waals surface area contributed by atoms with Crippen molar-refractivity contribution in [2.45, 2.75) is 11.8 Å². The molecule has 0 aliphatic carbocycles. The number of anilines is 1. The Hall–Kier alpha value is -1.66. The van der Waals surface area contributed by atoms with Crippen LogP contribution in [0, 0.1) is 6.92 Å². The Morgan fingerprint density at radius 3 is 2.24 bits per heavy atom. The smallest absolute Gasteiger partial charge is 0.256 e. The van der Waals surface area contributed by atoms with Crippen molar-refractivity contribution in [3.8, 4) is 0 Å². The van der Waals surface area contributed by atoms with E-state index in [1.807, 2.05) is 19.1 Å². The van der Waals surface area contributed by atoms with Gasteiger partial charge in [-0.2, -0.15) is 0 Å². The van der Waals surface area contributed by atoms with Crippen molar-refractivity contribution < 1.29 is 13.2 Å². The van der Waals surface area contributed by atoms with Gasteiger partial charge in [0.05, 0.1) is 10.5 Å². The van der Waals surface area contributed by atoms with E-state index in [1.165, 1.54) is 12.1 Å². The molecular weight excluding hydrogens is 354 g/mol. The predicted octanol–water partition coefficient (Wildman–Crippen LogP) is 3.41. The zero-order valence-corrected chi connectivity index (χ0v) is 14.0. The molecule has 110 valence electrons. The highest BCUT2D eigenvalue weighted by atomic mass is 79.9. The van der Waals surface area contributed by atoms with Crippen LogP contribution in [-0.4, -0.2) is 20.6 Å². The maximum absolute atomic E-state index is 12.2. The first-order valence-electron chi connectivity index (χ1n) is 6.15. The fourth-order valence-electron chi connectivity index (χ4n) is 1.79. The normalized spacial score (nSPS) is 11.2. The molecule has 0 aliphatic heterocycles. The number of benzene rings is 2. The lowest BCUT2D eigenvalue weighted by molar-refractivity contribution is 0.102. The highest BCUT2D eigenvalue weighted by Crippen LogP contribution is 2.20. The standard InChI is InChI=1S/C15H14BrNO3S/c1-10-3-8-13(14(16)9-10)15(18)17-11-4-6-12(7-5-11)21(2,19)20/h3-9H,1-2H3,(H,17,18). The minimum atomic E-state index is -3.23. The van der Waals surface area contributed by atoms with Crippen molar-refractivity contribution in [2.24, 2.45) is 0 Å². The second kappa shape index (κ2) is 5.99. The zero-order chi connectivity index (χ0) is 15.6. The fourth-order valence-corrected chi connectivity index (χ4v) is 3.09. The quantitative estimate of drug-likeness (QED) is 0.903. The Morgan fingerprint density at radius 1 is 1.10 bits per heavy atom. The van der Waals surface area contributed by atoms with Crippen molar-refractivity contribution in [2.75, 3.05) is 11.6 Å². The van der Waals surface area contributed by atoms with Gasteiger partial charge in [0.2, 0.25) is 0 Å². The molecular formula is C15H14BrNO3S. The molecule has 4 nitrogen and oxygen atoms in total. The van der Waals surface area contributed by atoms with Gasteiger partial charge in [-0.25, -0.2) is 8.42 Å². The minimum absolute atomic E-state index is 0.219. The van der Waals surface area contributed by atoms with Crippen LogP contribution < -0.4 is 5.32 Å². The first-order valence-corrected chi connectivity index (χ1v) is 8.83. The molecule has 0 aliphatic rings. The summed E-state index contributed by atoms with van der Waals surface area (Å²) in [4.78, 5) is 12.4. The average molecular weight is 368 g/mol. The van der Waals surface area contributed by atoms with E-state index >= 15 is 0 Å². The van der Waals surface area contributed by atoms with Crippen LogP contribution in [0.5, 0.6) is 0 Å². The molecule has 1 N–H and O–H groups in total. The second-order valence-electron chi connectivity index (χ2n) is 4.73. The van der Waals surface area contributed by atoms with Gasteiger partial charge in [0.1, 0.15) is 0 Å². The predicted molar refractivity (Wildman–Crippen MR) is 86.4 cm³/mol. The molecule has 6 heteroatoms. The Balaban J connectivity index is 2.20. The van der Waals surface area contributed by atoms with Crippen LogP contribution in [0.4, 0.5) is 5.69 Å². The summed E-state index contributed by atoms with van der Waals surface area (Å²) in [6, 6.07) is 11.5. The summed E-state index contributed by atoms with van der Waals surface area (Å²) in [5.41, 5.74) is 2.11. The topological polar surface area (TPSA) is 63.2 Å². The van der Waals surface area contributed by atoms with Gasteiger partial charge in [0.15, 0.2) is 9.84 Å². The number of halogens is 1. The SMILES string of the molecule is Cc1ccc(C(=O)Nc2ccc(S(C)(=O)=O)cc2)c(Br)c1. The van der Waals surface area contributed by atoms with Crippen LogP contribution in [0.25, 0.3) is 0 Å². The molecule has 2 aromatic rings. The average Bonchev–Trinajstić information content (AvgIpc) is 2.38. The summed E-state index contributed by atoms with van der Waals surface area (Å²) >= 11 is 3.36. The largest absolute Gasteiger partial charge is 0.322 e. The molecule has 0 heterocycles. The summed E-state index contributed by atoms with van der Waals surface area (Å²) in [6.07, 6.45) is 1.14. The van der Waals surface area contributed by atoms with Crippen molar-refractivity contribution in [3.05, 3.63) is 58.1 Å². The number of hydrogen-bond acceptors (Lipinski definition) is 3. The Kier molecular flexibility index (Phi) is 4.49. The Labute approximate surface area is 132 Å². The second-order valence-corrected chi connectivity index (χ2v) is 7.60. The molecule has 0 radical (unpaired) electrons. The van der Waals surface area contributed by atoms with E-state index in [4.69, 9.17) is 0 Å². The number of carbonyl (C=O) groups excluding carboxylic acids is 1. The zero-order valence-electron chi connectivity index (χ0n) is 11.6. The molecule has 0 spiro atoms. The Morgan fingerprint density at radius 2 is 1.71 bits per heavy atom. The number of aryl methyl sites for hydroxylation is 1. The van der Waals surface area contributed by atoms with Crippen molar-refractivity contribution in [1.82, 2.24) is 0 Å². The molecule has 0 atom stereocenters. The number of sulfone groups is 1. The van der Waals surface area contributed by atoms with Crippen molar-refractivity contribution in [3.63, 3.8) is 0 Å². The molecule has 2 rings (SSSR count). The van der Waals surface area contributed by atoms with E-state index in [1.54, 1.807) is 18.2 Å². The van der Waals surface area contributed by atoms with E-state index < -0.39 is 9.84 Å². The maximum atomic E-state index is 12.2. The van der Waals surface area contributed by atoms with Crippen LogP contribution in [-0.2, 0) is 9.84 Å². The summed E-state index contributed by atoms with van der Waals surface area (Å²) in [5.74, 6) is -0.256. The van der Waals surface area contributed by atoms with Crippen LogP contribution >= 0.6 is 15.9 Å². The third kappa shape index (κ3) is 3.92. The number of nitrogens with one attached hydrogen (secondary N) is 1. The van der Waals surface area contributed by atoms with Crippen LogP contribution in [0.15, 0.2) is 51.8 Å². The molecule has 0 fully saturated rings. The molecule has 0 saturated carbocycles. The summed E-state index contributed by atoms with van der Waals surface area (Å²) < 4.78 is 23.5. The summed E-state index contributed by atoms with van der Waals surface area (Å²) in [6.45, 7) is 1.94. The number of amides is 1. The van der Waals surface area contributed by atoms with Crippen molar-refractivity contribution in [1.29, 1.82) is 0 Å². The molecule has 0 unspecified atom stereocenters. The lowest BCUT2D eigenvalue weighted by atomic mass is 10.1. The van der Waals surface area contributed by atoms with E-state index in [0.717, 1.165) is 11.8 Å². The van der Waals surface area contributed by atoms with Gasteiger partial charge in [-0.1, -0.05) is 6.07 Å². The molecule has 21 heavy (non-hydrogen) atoms. The highest BCUT2D eigenvalue weighted by Gasteiger charge is 2.11. The first-order chi connectivity index (χ1) is 9.77. The van der Waals surface area contributed by atoms with Gasteiger partial charge < -0.3 is 5.32 Å². The monoisotopic (exact) mass is 367 g/mol. The summed E-state index contributed by atoms with van der Waals surface area (Å²) in [5, 5.41) is 2.73. The van der Waals surface area contributed by atoms with Crippen LogP contribution in [0.1, 0.15) is 15.9 Å². The molecule has 1 amide bonds.